The van der Waals surface area contributed by atoms with E-state index in [0.717, 1.165) is 43.3 Å². The molecule has 1 fully saturated rings. The van der Waals surface area contributed by atoms with Gasteiger partial charge in [-0.1, -0.05) is 19.1 Å². The monoisotopic (exact) mass is 316 g/mol. The number of carbonyl (C=O) groups is 2. The molecule has 0 aromatic heterocycles. The SMILES string of the molecule is CC1CCN(C(=O)CCCN2C(=O)COc3ccccc32)CC1. The van der Waals surface area contributed by atoms with Crippen molar-refractivity contribution in [1.82, 2.24) is 4.90 Å². The Hall–Kier alpha value is -2.04. The minimum atomic E-state index is -0.0389. The molecule has 3 rings (SSSR count). The summed E-state index contributed by atoms with van der Waals surface area (Å²) in [6.07, 6.45) is 3.38. The number of amides is 2. The number of benzene rings is 1. The van der Waals surface area contributed by atoms with Gasteiger partial charge in [-0.05, 0) is 37.3 Å². The average Bonchev–Trinajstić information content (AvgIpc) is 2.57. The van der Waals surface area contributed by atoms with E-state index in [4.69, 9.17) is 4.74 Å². The fraction of sp³-hybridized carbons (Fsp3) is 0.556. The maximum atomic E-state index is 12.3. The topological polar surface area (TPSA) is 49.9 Å². The number of hydrogen-bond donors (Lipinski definition) is 0. The average molecular weight is 316 g/mol. The number of rotatable bonds is 4. The molecule has 0 N–H and O–H groups in total. The van der Waals surface area contributed by atoms with Gasteiger partial charge in [0, 0.05) is 26.1 Å². The fourth-order valence-corrected chi connectivity index (χ4v) is 3.20. The van der Waals surface area contributed by atoms with Crippen LogP contribution in [0.15, 0.2) is 24.3 Å². The van der Waals surface area contributed by atoms with Gasteiger partial charge in [0.25, 0.3) is 5.91 Å². The molecule has 1 saturated heterocycles. The lowest BCUT2D eigenvalue weighted by molar-refractivity contribution is -0.132. The lowest BCUT2D eigenvalue weighted by Gasteiger charge is -2.31. The molecule has 23 heavy (non-hydrogen) atoms. The number of hydrogen-bond acceptors (Lipinski definition) is 3. The van der Waals surface area contributed by atoms with Gasteiger partial charge in [0.05, 0.1) is 5.69 Å². The number of para-hydroxylation sites is 2. The van der Waals surface area contributed by atoms with Crippen molar-refractivity contribution in [3.05, 3.63) is 24.3 Å². The molecule has 0 aliphatic carbocycles. The van der Waals surface area contributed by atoms with Crippen molar-refractivity contribution in [3.63, 3.8) is 0 Å². The van der Waals surface area contributed by atoms with Crippen LogP contribution in [-0.4, -0.2) is 43.0 Å². The normalized spacial score (nSPS) is 18.6. The van der Waals surface area contributed by atoms with Gasteiger partial charge in [0.2, 0.25) is 5.91 Å². The van der Waals surface area contributed by atoms with Gasteiger partial charge in [-0.15, -0.1) is 0 Å². The van der Waals surface area contributed by atoms with Crippen molar-refractivity contribution < 1.29 is 14.3 Å². The number of fused-ring (bicyclic) bond motifs is 1. The van der Waals surface area contributed by atoms with E-state index in [1.165, 1.54) is 0 Å². The quantitative estimate of drug-likeness (QED) is 0.857. The minimum absolute atomic E-state index is 0.0389. The zero-order chi connectivity index (χ0) is 16.2. The number of anilines is 1. The molecule has 0 radical (unpaired) electrons. The molecule has 124 valence electrons. The zero-order valence-corrected chi connectivity index (χ0v) is 13.7. The number of ether oxygens (including phenoxy) is 1. The number of carbonyl (C=O) groups excluding carboxylic acids is 2. The van der Waals surface area contributed by atoms with Crippen LogP contribution >= 0.6 is 0 Å². The van der Waals surface area contributed by atoms with E-state index in [1.807, 2.05) is 29.2 Å². The Balaban J connectivity index is 1.52. The van der Waals surface area contributed by atoms with Gasteiger partial charge < -0.3 is 14.5 Å². The molecule has 0 bridgehead atoms. The molecular weight excluding hydrogens is 292 g/mol. The summed E-state index contributed by atoms with van der Waals surface area (Å²) in [5.74, 6) is 1.64. The maximum absolute atomic E-state index is 12.3. The molecule has 0 atom stereocenters. The summed E-state index contributed by atoms with van der Waals surface area (Å²) in [7, 11) is 0. The summed E-state index contributed by atoms with van der Waals surface area (Å²) in [6.45, 7) is 4.63. The Morgan fingerprint density at radius 2 is 2.00 bits per heavy atom. The standard InChI is InChI=1S/C18H24N2O3/c1-14-8-11-19(12-9-14)17(21)7-4-10-20-15-5-2-3-6-16(15)23-13-18(20)22/h2-3,5-6,14H,4,7-13H2,1H3. The second-order valence-corrected chi connectivity index (χ2v) is 6.47. The predicted octanol–water partition coefficient (Wildman–Crippen LogP) is 2.45. The van der Waals surface area contributed by atoms with Gasteiger partial charge in [-0.2, -0.15) is 0 Å². The highest BCUT2D eigenvalue weighted by atomic mass is 16.5. The lowest BCUT2D eigenvalue weighted by Crippen LogP contribution is -2.41. The molecule has 1 aromatic carbocycles. The predicted molar refractivity (Wildman–Crippen MR) is 88.5 cm³/mol. The van der Waals surface area contributed by atoms with Crippen molar-refractivity contribution >= 4 is 17.5 Å². The Bertz CT molecular complexity index is 579. The number of piperidine rings is 1. The second-order valence-electron chi connectivity index (χ2n) is 6.47. The van der Waals surface area contributed by atoms with E-state index in [0.29, 0.717) is 19.4 Å². The molecule has 2 heterocycles. The molecule has 0 spiro atoms. The van der Waals surface area contributed by atoms with E-state index >= 15 is 0 Å². The highest BCUT2D eigenvalue weighted by Crippen LogP contribution is 2.31. The number of likely N-dealkylation sites (tertiary alicyclic amines) is 1. The largest absolute Gasteiger partial charge is 0.482 e. The van der Waals surface area contributed by atoms with Crippen molar-refractivity contribution in [1.29, 1.82) is 0 Å². The van der Waals surface area contributed by atoms with Crippen molar-refractivity contribution in [3.8, 4) is 5.75 Å². The van der Waals surface area contributed by atoms with Gasteiger partial charge in [0.1, 0.15) is 5.75 Å². The molecule has 0 unspecified atom stereocenters. The van der Waals surface area contributed by atoms with Crippen molar-refractivity contribution in [2.24, 2.45) is 5.92 Å². The van der Waals surface area contributed by atoms with Gasteiger partial charge in [0.15, 0.2) is 6.61 Å². The summed E-state index contributed by atoms with van der Waals surface area (Å²) < 4.78 is 5.43. The first-order valence-electron chi connectivity index (χ1n) is 8.45. The molecule has 2 aliphatic rings. The van der Waals surface area contributed by atoms with E-state index < -0.39 is 0 Å². The third kappa shape index (κ3) is 3.66. The van der Waals surface area contributed by atoms with E-state index in [-0.39, 0.29) is 18.4 Å². The van der Waals surface area contributed by atoms with E-state index in [1.54, 1.807) is 4.90 Å². The van der Waals surface area contributed by atoms with Gasteiger partial charge in [-0.25, -0.2) is 0 Å². The first-order valence-corrected chi connectivity index (χ1v) is 8.45. The molecule has 5 heteroatoms. The summed E-state index contributed by atoms with van der Waals surface area (Å²) in [6, 6.07) is 7.55. The highest BCUT2D eigenvalue weighted by molar-refractivity contribution is 5.97. The van der Waals surface area contributed by atoms with Crippen LogP contribution < -0.4 is 9.64 Å². The molecule has 0 saturated carbocycles. The summed E-state index contributed by atoms with van der Waals surface area (Å²) in [4.78, 5) is 28.1. The van der Waals surface area contributed by atoms with Crippen LogP contribution in [0.3, 0.4) is 0 Å². The van der Waals surface area contributed by atoms with Crippen LogP contribution in [0.2, 0.25) is 0 Å². The minimum Gasteiger partial charge on any atom is -0.482 e. The zero-order valence-electron chi connectivity index (χ0n) is 13.7. The van der Waals surface area contributed by atoms with Crippen LogP contribution in [0.5, 0.6) is 5.75 Å². The highest BCUT2D eigenvalue weighted by Gasteiger charge is 2.25. The van der Waals surface area contributed by atoms with Crippen LogP contribution in [0.25, 0.3) is 0 Å². The van der Waals surface area contributed by atoms with Crippen LogP contribution in [0, 0.1) is 5.92 Å². The lowest BCUT2D eigenvalue weighted by atomic mass is 9.99. The van der Waals surface area contributed by atoms with Crippen LogP contribution in [0.1, 0.15) is 32.6 Å². The summed E-state index contributed by atoms with van der Waals surface area (Å²) in [5.41, 5.74) is 0.808. The fourth-order valence-electron chi connectivity index (χ4n) is 3.20. The van der Waals surface area contributed by atoms with Crippen molar-refractivity contribution in [2.45, 2.75) is 32.6 Å². The van der Waals surface area contributed by atoms with E-state index in [9.17, 15) is 9.59 Å². The second kappa shape index (κ2) is 7.02. The summed E-state index contributed by atoms with van der Waals surface area (Å²) in [5, 5.41) is 0. The van der Waals surface area contributed by atoms with Crippen LogP contribution in [-0.2, 0) is 9.59 Å². The molecule has 5 nitrogen and oxygen atoms in total. The Morgan fingerprint density at radius 3 is 2.78 bits per heavy atom. The molecule has 2 aliphatic heterocycles. The first-order chi connectivity index (χ1) is 11.1. The Morgan fingerprint density at radius 1 is 1.26 bits per heavy atom. The smallest absolute Gasteiger partial charge is 0.265 e. The third-order valence-electron chi connectivity index (χ3n) is 4.72. The van der Waals surface area contributed by atoms with E-state index in [2.05, 4.69) is 6.92 Å². The molecular formula is C18H24N2O3. The number of nitrogens with zero attached hydrogens (tertiary/aromatic N) is 2. The van der Waals surface area contributed by atoms with Crippen molar-refractivity contribution in [2.75, 3.05) is 31.1 Å². The Labute approximate surface area is 137 Å². The molecule has 1 aromatic rings. The van der Waals surface area contributed by atoms with Gasteiger partial charge >= 0.3 is 0 Å². The summed E-state index contributed by atoms with van der Waals surface area (Å²) >= 11 is 0. The first kappa shape index (κ1) is 15.8. The van der Waals surface area contributed by atoms with Gasteiger partial charge in [-0.3, -0.25) is 9.59 Å². The maximum Gasteiger partial charge on any atom is 0.265 e. The van der Waals surface area contributed by atoms with Crippen LogP contribution in [0.4, 0.5) is 5.69 Å². The Kier molecular flexibility index (Phi) is 4.84. The third-order valence-corrected chi connectivity index (χ3v) is 4.72. The molecule has 2 amide bonds.